The van der Waals surface area contributed by atoms with E-state index in [1.54, 1.807) is 12.1 Å². The largest absolute Gasteiger partial charge is 0.366 e. The summed E-state index contributed by atoms with van der Waals surface area (Å²) in [6, 6.07) is 8.57. The number of nitrogens with zero attached hydrogens (tertiary/aromatic N) is 1. The molecular weight excluding hydrogens is 205 g/mol. The average molecular weight is 219 g/mol. The molecule has 0 atom stereocenters. The molecule has 0 aliphatic heterocycles. The van der Waals surface area contributed by atoms with Crippen LogP contribution in [0.5, 0.6) is 0 Å². The Morgan fingerprint density at radius 2 is 1.94 bits per heavy atom. The van der Waals surface area contributed by atoms with Gasteiger partial charge in [-0.1, -0.05) is 0 Å². The highest BCUT2D eigenvalue weighted by molar-refractivity contribution is 5.62. The van der Waals surface area contributed by atoms with Crippen LogP contribution >= 0.6 is 0 Å². The molecule has 0 unspecified atom stereocenters. The molecule has 0 saturated heterocycles. The summed E-state index contributed by atoms with van der Waals surface area (Å²) in [7, 11) is 0. The second-order valence-corrected chi connectivity index (χ2v) is 3.97. The number of benzene rings is 1. The van der Waals surface area contributed by atoms with Crippen molar-refractivity contribution in [1.29, 1.82) is 0 Å². The van der Waals surface area contributed by atoms with E-state index in [2.05, 4.69) is 15.5 Å². The molecule has 1 aromatic heterocycles. The van der Waals surface area contributed by atoms with E-state index in [1.807, 2.05) is 19.9 Å². The summed E-state index contributed by atoms with van der Waals surface area (Å²) in [4.78, 5) is 0. The molecule has 1 aromatic carbocycles. The van der Waals surface area contributed by atoms with Crippen LogP contribution in [0.2, 0.25) is 0 Å². The fourth-order valence-corrected chi connectivity index (χ4v) is 1.47. The summed E-state index contributed by atoms with van der Waals surface area (Å²) in [5.74, 6) is 0.568. The van der Waals surface area contributed by atoms with Crippen molar-refractivity contribution < 1.29 is 4.39 Å². The van der Waals surface area contributed by atoms with Gasteiger partial charge >= 0.3 is 0 Å². The molecule has 2 N–H and O–H groups in total. The smallest absolute Gasteiger partial charge is 0.148 e. The number of halogens is 1. The van der Waals surface area contributed by atoms with Gasteiger partial charge in [-0.05, 0) is 43.7 Å². The molecule has 0 aliphatic carbocycles. The molecule has 0 bridgehead atoms. The fraction of sp³-hybridized carbons (Fsp3) is 0.250. The van der Waals surface area contributed by atoms with Crippen molar-refractivity contribution in [2.75, 3.05) is 5.32 Å². The van der Waals surface area contributed by atoms with Gasteiger partial charge in [0.05, 0.1) is 5.69 Å². The lowest BCUT2D eigenvalue weighted by molar-refractivity contribution is 0.628. The third kappa shape index (κ3) is 2.39. The lowest BCUT2D eigenvalue weighted by atomic mass is 10.1. The molecule has 1 heterocycles. The zero-order chi connectivity index (χ0) is 11.5. The minimum atomic E-state index is -0.233. The van der Waals surface area contributed by atoms with Crippen LogP contribution in [0.15, 0.2) is 30.3 Å². The molecule has 0 saturated carbocycles. The maximum atomic E-state index is 12.7. The normalized spacial score (nSPS) is 10.8. The predicted molar refractivity (Wildman–Crippen MR) is 62.7 cm³/mol. The van der Waals surface area contributed by atoms with Gasteiger partial charge in [0.2, 0.25) is 0 Å². The minimum absolute atomic E-state index is 0.233. The first-order chi connectivity index (χ1) is 7.65. The lowest BCUT2D eigenvalue weighted by Crippen LogP contribution is -2.09. The van der Waals surface area contributed by atoms with E-state index in [-0.39, 0.29) is 5.82 Å². The van der Waals surface area contributed by atoms with Gasteiger partial charge in [-0.15, -0.1) is 0 Å². The summed E-state index contributed by atoms with van der Waals surface area (Å²) in [6.45, 7) is 4.10. The lowest BCUT2D eigenvalue weighted by Gasteiger charge is -2.04. The maximum Gasteiger partial charge on any atom is 0.148 e. The molecule has 0 fully saturated rings. The van der Waals surface area contributed by atoms with Gasteiger partial charge in [0.15, 0.2) is 0 Å². The molecule has 0 spiro atoms. The van der Waals surface area contributed by atoms with Gasteiger partial charge in [0, 0.05) is 12.1 Å². The Bertz CT molecular complexity index is 459. The van der Waals surface area contributed by atoms with E-state index in [0.717, 1.165) is 17.1 Å². The Morgan fingerprint density at radius 1 is 1.25 bits per heavy atom. The zero-order valence-electron chi connectivity index (χ0n) is 9.29. The van der Waals surface area contributed by atoms with Gasteiger partial charge in [0.1, 0.15) is 11.6 Å². The molecular formula is C12H14FN3. The standard InChI is InChI=1S/C12H14FN3/c1-8(2)14-12-7-11(15-16-12)9-3-5-10(13)6-4-9/h3-8H,1-2H3,(H2,14,15,16). The topological polar surface area (TPSA) is 40.7 Å². The van der Waals surface area contributed by atoms with E-state index in [9.17, 15) is 4.39 Å². The van der Waals surface area contributed by atoms with Crippen molar-refractivity contribution in [2.24, 2.45) is 0 Å². The predicted octanol–water partition coefficient (Wildman–Crippen LogP) is 3.04. The number of aromatic amines is 1. The molecule has 2 rings (SSSR count). The number of anilines is 1. The van der Waals surface area contributed by atoms with Crippen LogP contribution in [0.3, 0.4) is 0 Å². The zero-order valence-corrected chi connectivity index (χ0v) is 9.29. The van der Waals surface area contributed by atoms with E-state index in [1.165, 1.54) is 12.1 Å². The minimum Gasteiger partial charge on any atom is -0.366 e. The van der Waals surface area contributed by atoms with E-state index >= 15 is 0 Å². The fourth-order valence-electron chi connectivity index (χ4n) is 1.47. The summed E-state index contributed by atoms with van der Waals surface area (Å²) in [5, 5.41) is 10.2. The van der Waals surface area contributed by atoms with Crippen LogP contribution in [0.4, 0.5) is 10.2 Å². The highest BCUT2D eigenvalue weighted by Crippen LogP contribution is 2.20. The van der Waals surface area contributed by atoms with Crippen LogP contribution in [-0.2, 0) is 0 Å². The molecule has 3 nitrogen and oxygen atoms in total. The van der Waals surface area contributed by atoms with Crippen LogP contribution in [0.1, 0.15) is 13.8 Å². The second kappa shape index (κ2) is 4.35. The SMILES string of the molecule is CC(C)Nc1cc(-c2ccc(F)cc2)[nH]n1. The summed E-state index contributed by atoms with van der Waals surface area (Å²) in [6.07, 6.45) is 0. The Labute approximate surface area is 93.7 Å². The monoisotopic (exact) mass is 219 g/mol. The van der Waals surface area contributed by atoms with Crippen molar-refractivity contribution >= 4 is 5.82 Å². The van der Waals surface area contributed by atoms with Crippen molar-refractivity contribution in [2.45, 2.75) is 19.9 Å². The van der Waals surface area contributed by atoms with Crippen LogP contribution < -0.4 is 5.32 Å². The summed E-state index contributed by atoms with van der Waals surface area (Å²) < 4.78 is 12.7. The van der Waals surface area contributed by atoms with E-state index in [0.29, 0.717) is 6.04 Å². The van der Waals surface area contributed by atoms with Crippen molar-refractivity contribution in [3.63, 3.8) is 0 Å². The Kier molecular flexibility index (Phi) is 2.90. The first-order valence-corrected chi connectivity index (χ1v) is 5.23. The van der Waals surface area contributed by atoms with E-state index < -0.39 is 0 Å². The summed E-state index contributed by atoms with van der Waals surface area (Å²) >= 11 is 0. The third-order valence-corrected chi connectivity index (χ3v) is 2.17. The van der Waals surface area contributed by atoms with Crippen molar-refractivity contribution in [1.82, 2.24) is 10.2 Å². The number of nitrogens with one attached hydrogen (secondary N) is 2. The molecule has 2 aromatic rings. The van der Waals surface area contributed by atoms with Crippen molar-refractivity contribution in [3.05, 3.63) is 36.1 Å². The van der Waals surface area contributed by atoms with Crippen LogP contribution in [0.25, 0.3) is 11.3 Å². The van der Waals surface area contributed by atoms with E-state index in [4.69, 9.17) is 0 Å². The van der Waals surface area contributed by atoms with Gasteiger partial charge in [0.25, 0.3) is 0 Å². The maximum absolute atomic E-state index is 12.7. The average Bonchev–Trinajstić information content (AvgIpc) is 2.66. The molecule has 4 heteroatoms. The number of hydrogen-bond acceptors (Lipinski definition) is 2. The number of aromatic nitrogens is 2. The molecule has 0 radical (unpaired) electrons. The number of hydrogen-bond donors (Lipinski definition) is 2. The Hall–Kier alpha value is -1.84. The molecule has 84 valence electrons. The quantitative estimate of drug-likeness (QED) is 0.833. The molecule has 0 aliphatic rings. The summed E-state index contributed by atoms with van der Waals surface area (Å²) in [5.41, 5.74) is 1.80. The Balaban J connectivity index is 2.21. The highest BCUT2D eigenvalue weighted by atomic mass is 19.1. The first kappa shape index (κ1) is 10.7. The Morgan fingerprint density at radius 3 is 2.56 bits per heavy atom. The number of rotatable bonds is 3. The first-order valence-electron chi connectivity index (χ1n) is 5.23. The van der Waals surface area contributed by atoms with Crippen LogP contribution in [0, 0.1) is 5.82 Å². The third-order valence-electron chi connectivity index (χ3n) is 2.17. The second-order valence-electron chi connectivity index (χ2n) is 3.97. The molecule has 0 amide bonds. The van der Waals surface area contributed by atoms with Crippen molar-refractivity contribution in [3.8, 4) is 11.3 Å². The van der Waals surface area contributed by atoms with Gasteiger partial charge in [-0.25, -0.2) is 4.39 Å². The molecule has 16 heavy (non-hydrogen) atoms. The van der Waals surface area contributed by atoms with Gasteiger partial charge in [-0.3, -0.25) is 5.10 Å². The van der Waals surface area contributed by atoms with Crippen LogP contribution in [-0.4, -0.2) is 16.2 Å². The van der Waals surface area contributed by atoms with Gasteiger partial charge < -0.3 is 5.32 Å². The highest BCUT2D eigenvalue weighted by Gasteiger charge is 2.04. The van der Waals surface area contributed by atoms with Gasteiger partial charge in [-0.2, -0.15) is 5.10 Å². The number of H-pyrrole nitrogens is 1.